The van der Waals surface area contributed by atoms with Crippen molar-refractivity contribution in [2.24, 2.45) is 5.92 Å². The maximum absolute atomic E-state index is 12.4. The van der Waals surface area contributed by atoms with E-state index in [0.29, 0.717) is 19.6 Å². The van der Waals surface area contributed by atoms with Crippen LogP contribution in [0.25, 0.3) is 0 Å². The summed E-state index contributed by atoms with van der Waals surface area (Å²) < 4.78 is 10.8. The Bertz CT molecular complexity index is 669. The molecule has 1 unspecified atom stereocenters. The highest BCUT2D eigenvalue weighted by molar-refractivity contribution is 5.93. The van der Waals surface area contributed by atoms with E-state index in [9.17, 15) is 4.79 Å². The van der Waals surface area contributed by atoms with Crippen LogP contribution in [0, 0.1) is 5.92 Å². The van der Waals surface area contributed by atoms with Crippen molar-refractivity contribution < 1.29 is 14.3 Å². The number of amides is 1. The second kappa shape index (κ2) is 6.62. The van der Waals surface area contributed by atoms with E-state index in [4.69, 9.17) is 9.47 Å². The van der Waals surface area contributed by atoms with Crippen LogP contribution in [-0.4, -0.2) is 19.6 Å². The lowest BCUT2D eigenvalue weighted by atomic mass is 9.96. The van der Waals surface area contributed by atoms with Crippen molar-refractivity contribution in [2.75, 3.05) is 19.0 Å². The Morgan fingerprint density at radius 2 is 2.14 bits per heavy atom. The number of para-hydroxylation sites is 1. The Kier molecular flexibility index (Phi) is 4.39. The number of nitrogens with one attached hydrogen (secondary N) is 1. The molecule has 0 fully saturated rings. The highest BCUT2D eigenvalue weighted by Gasteiger charge is 2.25. The third-order valence-electron chi connectivity index (χ3n) is 3.76. The van der Waals surface area contributed by atoms with Crippen molar-refractivity contribution in [3.63, 3.8) is 0 Å². The van der Waals surface area contributed by atoms with Crippen molar-refractivity contribution in [3.05, 3.63) is 59.7 Å². The molecule has 2 aromatic rings. The van der Waals surface area contributed by atoms with Crippen molar-refractivity contribution in [1.29, 1.82) is 0 Å². The second-order valence-electron chi connectivity index (χ2n) is 5.44. The molecule has 0 aromatic heterocycles. The summed E-state index contributed by atoms with van der Waals surface area (Å²) >= 11 is 0. The molecule has 0 bridgehead atoms. The number of methoxy groups -OCH3 is 1. The van der Waals surface area contributed by atoms with E-state index in [1.807, 2.05) is 48.5 Å². The average Bonchev–Trinajstić information content (AvgIpc) is 2.55. The first kappa shape index (κ1) is 14.6. The van der Waals surface area contributed by atoms with Gasteiger partial charge in [0, 0.05) is 12.8 Å². The Balaban J connectivity index is 1.67. The topological polar surface area (TPSA) is 47.6 Å². The average molecular weight is 297 g/mol. The molecule has 2 aromatic carbocycles. The van der Waals surface area contributed by atoms with E-state index in [2.05, 4.69) is 5.32 Å². The lowest BCUT2D eigenvalue weighted by Crippen LogP contribution is -2.32. The molecule has 0 aliphatic carbocycles. The highest BCUT2D eigenvalue weighted by Crippen LogP contribution is 2.27. The van der Waals surface area contributed by atoms with E-state index in [1.54, 1.807) is 7.11 Å². The second-order valence-corrected chi connectivity index (χ2v) is 5.44. The molecule has 114 valence electrons. The fourth-order valence-corrected chi connectivity index (χ4v) is 2.65. The Hall–Kier alpha value is -2.33. The minimum absolute atomic E-state index is 0.0101. The summed E-state index contributed by atoms with van der Waals surface area (Å²) in [5.41, 5.74) is 2.91. The number of hydrogen-bond acceptors (Lipinski definition) is 3. The first-order valence-electron chi connectivity index (χ1n) is 7.35. The number of fused-ring (bicyclic) bond motifs is 1. The van der Waals surface area contributed by atoms with Crippen LogP contribution < -0.4 is 10.1 Å². The molecule has 0 saturated heterocycles. The number of carbonyl (C=O) groups excluding carboxylic acids is 1. The predicted octanol–water partition coefficient (Wildman–Crippen LogP) is 3.02. The summed E-state index contributed by atoms with van der Waals surface area (Å²) in [6, 6.07) is 15.6. The normalized spacial score (nSPS) is 16.5. The van der Waals surface area contributed by atoms with Gasteiger partial charge >= 0.3 is 0 Å². The molecule has 1 amide bonds. The largest absolute Gasteiger partial charge is 0.492 e. The summed E-state index contributed by atoms with van der Waals surface area (Å²) in [5, 5.41) is 2.97. The molecule has 4 heteroatoms. The van der Waals surface area contributed by atoms with E-state index in [0.717, 1.165) is 22.6 Å². The molecule has 1 aliphatic rings. The molecule has 1 N–H and O–H groups in total. The van der Waals surface area contributed by atoms with Crippen LogP contribution in [0.2, 0.25) is 0 Å². The van der Waals surface area contributed by atoms with Gasteiger partial charge in [0.05, 0.1) is 12.5 Å². The quantitative estimate of drug-likeness (QED) is 0.943. The van der Waals surface area contributed by atoms with Gasteiger partial charge in [-0.1, -0.05) is 30.3 Å². The van der Waals surface area contributed by atoms with Gasteiger partial charge in [0.1, 0.15) is 12.4 Å². The zero-order chi connectivity index (χ0) is 15.4. The van der Waals surface area contributed by atoms with Crippen LogP contribution in [0.15, 0.2) is 48.5 Å². The first-order valence-corrected chi connectivity index (χ1v) is 7.35. The maximum Gasteiger partial charge on any atom is 0.231 e. The Labute approximate surface area is 130 Å². The molecule has 3 rings (SSSR count). The van der Waals surface area contributed by atoms with E-state index in [-0.39, 0.29) is 11.8 Å². The van der Waals surface area contributed by atoms with Gasteiger partial charge in [0.25, 0.3) is 0 Å². The number of hydrogen-bond donors (Lipinski definition) is 1. The molecule has 1 heterocycles. The highest BCUT2D eigenvalue weighted by atomic mass is 16.5. The Morgan fingerprint density at radius 3 is 3.00 bits per heavy atom. The van der Waals surface area contributed by atoms with Gasteiger partial charge in [-0.25, -0.2) is 0 Å². The first-order chi connectivity index (χ1) is 10.8. The molecule has 1 aliphatic heterocycles. The SMILES string of the molecule is COCc1cccc(NC(=O)C2COc3ccccc3C2)c1. The van der Waals surface area contributed by atoms with Crippen molar-refractivity contribution in [2.45, 2.75) is 13.0 Å². The standard InChI is InChI=1S/C18H19NO3/c1-21-11-13-5-4-7-16(9-13)19-18(20)15-10-14-6-2-3-8-17(14)22-12-15/h2-9,15H,10-12H2,1H3,(H,19,20). The molecule has 0 spiro atoms. The smallest absolute Gasteiger partial charge is 0.231 e. The molecular weight excluding hydrogens is 278 g/mol. The zero-order valence-electron chi connectivity index (χ0n) is 12.5. The van der Waals surface area contributed by atoms with Gasteiger partial charge in [-0.3, -0.25) is 4.79 Å². The summed E-state index contributed by atoms with van der Waals surface area (Å²) in [7, 11) is 1.65. The molecule has 0 saturated carbocycles. The van der Waals surface area contributed by atoms with Gasteiger partial charge in [0.2, 0.25) is 5.91 Å². The van der Waals surface area contributed by atoms with E-state index in [1.165, 1.54) is 0 Å². The third-order valence-corrected chi connectivity index (χ3v) is 3.76. The zero-order valence-corrected chi connectivity index (χ0v) is 12.5. The van der Waals surface area contributed by atoms with Crippen LogP contribution in [0.3, 0.4) is 0 Å². The van der Waals surface area contributed by atoms with Gasteiger partial charge in [-0.2, -0.15) is 0 Å². The van der Waals surface area contributed by atoms with Gasteiger partial charge in [-0.15, -0.1) is 0 Å². The van der Waals surface area contributed by atoms with Crippen molar-refractivity contribution >= 4 is 11.6 Å². The van der Waals surface area contributed by atoms with E-state index >= 15 is 0 Å². The number of anilines is 1. The number of ether oxygens (including phenoxy) is 2. The minimum atomic E-state index is -0.166. The number of benzene rings is 2. The summed E-state index contributed by atoms with van der Waals surface area (Å²) in [6.07, 6.45) is 0.708. The minimum Gasteiger partial charge on any atom is -0.492 e. The molecular formula is C18H19NO3. The van der Waals surface area contributed by atoms with Crippen molar-refractivity contribution in [1.82, 2.24) is 0 Å². The van der Waals surface area contributed by atoms with Gasteiger partial charge < -0.3 is 14.8 Å². The number of rotatable bonds is 4. The van der Waals surface area contributed by atoms with Gasteiger partial charge in [0.15, 0.2) is 0 Å². The summed E-state index contributed by atoms with van der Waals surface area (Å²) in [4.78, 5) is 12.4. The van der Waals surface area contributed by atoms with E-state index < -0.39 is 0 Å². The fourth-order valence-electron chi connectivity index (χ4n) is 2.65. The lowest BCUT2D eigenvalue weighted by molar-refractivity contribution is -0.121. The summed E-state index contributed by atoms with van der Waals surface area (Å²) in [5.74, 6) is 0.707. The molecule has 0 radical (unpaired) electrons. The number of carbonyl (C=O) groups is 1. The van der Waals surface area contributed by atoms with Gasteiger partial charge in [-0.05, 0) is 35.7 Å². The Morgan fingerprint density at radius 1 is 1.27 bits per heavy atom. The van der Waals surface area contributed by atoms with Crippen LogP contribution in [0.5, 0.6) is 5.75 Å². The fraction of sp³-hybridized carbons (Fsp3) is 0.278. The molecule has 4 nitrogen and oxygen atoms in total. The molecule has 1 atom stereocenters. The van der Waals surface area contributed by atoms with Crippen LogP contribution in [0.1, 0.15) is 11.1 Å². The predicted molar refractivity (Wildman–Crippen MR) is 84.9 cm³/mol. The van der Waals surface area contributed by atoms with Crippen molar-refractivity contribution in [3.8, 4) is 5.75 Å². The lowest BCUT2D eigenvalue weighted by Gasteiger charge is -2.24. The van der Waals surface area contributed by atoms with Crippen LogP contribution in [0.4, 0.5) is 5.69 Å². The monoisotopic (exact) mass is 297 g/mol. The van der Waals surface area contributed by atoms with Crippen LogP contribution >= 0.6 is 0 Å². The summed E-state index contributed by atoms with van der Waals surface area (Å²) in [6.45, 7) is 0.949. The maximum atomic E-state index is 12.4. The third kappa shape index (κ3) is 3.28. The van der Waals surface area contributed by atoms with Crippen LogP contribution in [-0.2, 0) is 22.6 Å². The molecule has 22 heavy (non-hydrogen) atoms.